The molecule has 1 aromatic carbocycles. The van der Waals surface area contributed by atoms with E-state index in [-0.39, 0.29) is 12.1 Å². The molecule has 5 nitrogen and oxygen atoms in total. The Morgan fingerprint density at radius 3 is 2.71 bits per heavy atom. The van der Waals surface area contributed by atoms with E-state index >= 15 is 0 Å². The quantitative estimate of drug-likeness (QED) is 0.756. The monoisotopic (exact) mass is 314 g/mol. The van der Waals surface area contributed by atoms with Crippen LogP contribution in [0.4, 0.5) is 10.5 Å². The lowest BCUT2D eigenvalue weighted by Crippen LogP contribution is -2.30. The lowest BCUT2D eigenvalue weighted by atomic mass is 10.2. The number of hydrogen-bond donors (Lipinski definition) is 2. The number of halogens is 1. The van der Waals surface area contributed by atoms with E-state index in [2.05, 4.69) is 10.6 Å². The molecule has 2 amide bonds. The Kier molecular flexibility index (Phi) is 7.32. The summed E-state index contributed by atoms with van der Waals surface area (Å²) < 4.78 is 10.6. The Morgan fingerprint density at radius 2 is 2.10 bits per heavy atom. The van der Waals surface area contributed by atoms with Gasteiger partial charge in [-0.25, -0.2) is 4.79 Å². The molecule has 0 fully saturated rings. The van der Waals surface area contributed by atoms with E-state index in [1.807, 2.05) is 20.8 Å². The second-order valence-electron chi connectivity index (χ2n) is 4.96. The Morgan fingerprint density at radius 1 is 1.38 bits per heavy atom. The van der Waals surface area contributed by atoms with E-state index in [4.69, 9.17) is 21.1 Å². The molecule has 1 aromatic rings. The number of nitrogens with one attached hydrogen (secondary N) is 2. The largest absolute Gasteiger partial charge is 0.495 e. The molecule has 0 unspecified atom stereocenters. The van der Waals surface area contributed by atoms with Gasteiger partial charge in [0.05, 0.1) is 18.9 Å². The predicted octanol–water partition coefficient (Wildman–Crippen LogP) is 3.59. The molecule has 0 aliphatic carbocycles. The smallest absolute Gasteiger partial charge is 0.319 e. The van der Waals surface area contributed by atoms with Crippen LogP contribution < -0.4 is 15.4 Å². The van der Waals surface area contributed by atoms with E-state index in [1.54, 1.807) is 12.1 Å². The zero-order valence-corrected chi connectivity index (χ0v) is 13.7. The van der Waals surface area contributed by atoms with Crippen molar-refractivity contribution in [3.05, 3.63) is 22.7 Å². The van der Waals surface area contributed by atoms with Crippen LogP contribution in [0.5, 0.6) is 5.75 Å². The van der Waals surface area contributed by atoms with Gasteiger partial charge in [-0.3, -0.25) is 0 Å². The zero-order chi connectivity index (χ0) is 15.8. The molecule has 0 radical (unpaired) electrons. The summed E-state index contributed by atoms with van der Waals surface area (Å²) in [7, 11) is 1.54. The molecule has 1 rings (SSSR count). The summed E-state index contributed by atoms with van der Waals surface area (Å²) in [6, 6.07) is 3.19. The fraction of sp³-hybridized carbons (Fsp3) is 0.533. The van der Waals surface area contributed by atoms with Gasteiger partial charge in [0.25, 0.3) is 0 Å². The van der Waals surface area contributed by atoms with Gasteiger partial charge in [0.15, 0.2) is 0 Å². The maximum Gasteiger partial charge on any atom is 0.319 e. The summed E-state index contributed by atoms with van der Waals surface area (Å²) in [6.45, 7) is 7.01. The summed E-state index contributed by atoms with van der Waals surface area (Å²) >= 11 is 6.02. The number of rotatable bonds is 7. The van der Waals surface area contributed by atoms with Gasteiger partial charge in [0.2, 0.25) is 0 Å². The highest BCUT2D eigenvalue weighted by Gasteiger charge is 2.09. The molecule has 0 aliphatic heterocycles. The standard InChI is InChI=1S/C15H23ClN2O3/c1-10(2)21-7-5-6-17-15(19)18-13-8-11(3)12(16)9-14(13)20-4/h8-10H,5-7H2,1-4H3,(H2,17,18,19). The van der Waals surface area contributed by atoms with Gasteiger partial charge in [-0.1, -0.05) is 11.6 Å². The van der Waals surface area contributed by atoms with E-state index in [1.165, 1.54) is 7.11 Å². The van der Waals surface area contributed by atoms with Crippen molar-refractivity contribution < 1.29 is 14.3 Å². The molecule has 2 N–H and O–H groups in total. The normalized spacial score (nSPS) is 10.6. The second kappa shape index (κ2) is 8.74. The number of anilines is 1. The van der Waals surface area contributed by atoms with Gasteiger partial charge in [-0.05, 0) is 38.8 Å². The van der Waals surface area contributed by atoms with E-state index in [0.717, 1.165) is 12.0 Å². The van der Waals surface area contributed by atoms with Gasteiger partial charge < -0.3 is 20.1 Å². The van der Waals surface area contributed by atoms with Gasteiger partial charge in [-0.2, -0.15) is 0 Å². The van der Waals surface area contributed by atoms with Crippen LogP contribution >= 0.6 is 11.6 Å². The highest BCUT2D eigenvalue weighted by Crippen LogP contribution is 2.30. The second-order valence-corrected chi connectivity index (χ2v) is 5.36. The summed E-state index contributed by atoms with van der Waals surface area (Å²) in [6.07, 6.45) is 0.975. The SMILES string of the molecule is COc1cc(Cl)c(C)cc1NC(=O)NCCCOC(C)C. The number of benzene rings is 1. The Hall–Kier alpha value is -1.46. The number of urea groups is 1. The lowest BCUT2D eigenvalue weighted by molar-refractivity contribution is 0.0775. The molecule has 0 spiro atoms. The fourth-order valence-electron chi connectivity index (χ4n) is 1.69. The summed E-state index contributed by atoms with van der Waals surface area (Å²) in [5.41, 5.74) is 1.47. The van der Waals surface area contributed by atoms with Crippen LogP contribution in [0.2, 0.25) is 5.02 Å². The lowest BCUT2D eigenvalue weighted by Gasteiger charge is -2.13. The predicted molar refractivity (Wildman–Crippen MR) is 85.5 cm³/mol. The van der Waals surface area contributed by atoms with Gasteiger partial charge in [-0.15, -0.1) is 0 Å². The topological polar surface area (TPSA) is 59.6 Å². The van der Waals surface area contributed by atoms with Crippen molar-refractivity contribution in [2.45, 2.75) is 33.3 Å². The van der Waals surface area contributed by atoms with Crippen molar-refractivity contribution in [2.24, 2.45) is 0 Å². The average molecular weight is 315 g/mol. The van der Waals surface area contributed by atoms with Crippen molar-refractivity contribution in [1.82, 2.24) is 5.32 Å². The van der Waals surface area contributed by atoms with Crippen molar-refractivity contribution in [1.29, 1.82) is 0 Å². The molecule has 6 heteroatoms. The number of hydrogen-bond acceptors (Lipinski definition) is 3. The number of carbonyl (C=O) groups excluding carboxylic acids is 1. The van der Waals surface area contributed by atoms with Gasteiger partial charge >= 0.3 is 6.03 Å². The Labute approximate surface area is 131 Å². The van der Waals surface area contributed by atoms with Crippen molar-refractivity contribution in [3.8, 4) is 5.75 Å². The Balaban J connectivity index is 2.46. The van der Waals surface area contributed by atoms with Crippen LogP contribution in [0.15, 0.2) is 12.1 Å². The first-order valence-corrected chi connectivity index (χ1v) is 7.32. The van der Waals surface area contributed by atoms with Crippen LogP contribution in [-0.2, 0) is 4.74 Å². The fourth-order valence-corrected chi connectivity index (χ4v) is 1.84. The summed E-state index contributed by atoms with van der Waals surface area (Å²) in [4.78, 5) is 11.8. The molecule has 118 valence electrons. The zero-order valence-electron chi connectivity index (χ0n) is 13.0. The minimum atomic E-state index is -0.278. The number of aryl methyl sites for hydroxylation is 1. The number of methoxy groups -OCH3 is 1. The molecule has 0 bridgehead atoms. The van der Waals surface area contributed by atoms with Crippen molar-refractivity contribution >= 4 is 23.3 Å². The van der Waals surface area contributed by atoms with Gasteiger partial charge in [0.1, 0.15) is 5.75 Å². The van der Waals surface area contributed by atoms with Crippen molar-refractivity contribution in [3.63, 3.8) is 0 Å². The van der Waals surface area contributed by atoms with Gasteiger partial charge in [0, 0.05) is 24.2 Å². The number of amides is 2. The number of ether oxygens (including phenoxy) is 2. The third-order valence-electron chi connectivity index (χ3n) is 2.79. The maximum atomic E-state index is 11.8. The minimum Gasteiger partial charge on any atom is -0.495 e. The third-order valence-corrected chi connectivity index (χ3v) is 3.19. The first-order chi connectivity index (χ1) is 9.93. The van der Waals surface area contributed by atoms with E-state index < -0.39 is 0 Å². The molecule has 21 heavy (non-hydrogen) atoms. The molecule has 0 saturated carbocycles. The third kappa shape index (κ3) is 6.23. The summed E-state index contributed by atoms with van der Waals surface area (Å²) in [5, 5.41) is 6.13. The average Bonchev–Trinajstić information content (AvgIpc) is 2.41. The highest BCUT2D eigenvalue weighted by atomic mass is 35.5. The van der Waals surface area contributed by atoms with Crippen LogP contribution in [-0.4, -0.2) is 32.4 Å². The molecule has 0 heterocycles. The molecular formula is C15H23ClN2O3. The van der Waals surface area contributed by atoms with E-state index in [0.29, 0.717) is 29.6 Å². The highest BCUT2D eigenvalue weighted by molar-refractivity contribution is 6.31. The molecule has 0 atom stereocenters. The van der Waals surface area contributed by atoms with Crippen LogP contribution in [0.1, 0.15) is 25.8 Å². The molecule has 0 saturated heterocycles. The molecule has 0 aromatic heterocycles. The first-order valence-electron chi connectivity index (χ1n) is 6.94. The van der Waals surface area contributed by atoms with E-state index in [9.17, 15) is 4.79 Å². The van der Waals surface area contributed by atoms with Crippen molar-refractivity contribution in [2.75, 3.05) is 25.6 Å². The minimum absolute atomic E-state index is 0.208. The van der Waals surface area contributed by atoms with Crippen LogP contribution in [0.25, 0.3) is 0 Å². The maximum absolute atomic E-state index is 11.8. The molecular weight excluding hydrogens is 292 g/mol. The number of carbonyl (C=O) groups is 1. The first kappa shape index (κ1) is 17.6. The molecule has 0 aliphatic rings. The van der Waals surface area contributed by atoms with Crippen LogP contribution in [0, 0.1) is 6.92 Å². The van der Waals surface area contributed by atoms with Crippen LogP contribution in [0.3, 0.4) is 0 Å². The summed E-state index contributed by atoms with van der Waals surface area (Å²) in [5.74, 6) is 0.531. The Bertz CT molecular complexity index is 478.